The highest BCUT2D eigenvalue weighted by molar-refractivity contribution is 4.60. The molecule has 0 saturated carbocycles. The van der Waals surface area contributed by atoms with Gasteiger partial charge in [-0.15, -0.1) is 0 Å². The quantitative estimate of drug-likeness (QED) is 0.559. The van der Waals surface area contributed by atoms with Crippen LogP contribution in [0.15, 0.2) is 0 Å². The normalized spacial score (nSPS) is 14.3. The Morgan fingerprint density at radius 2 is 2.00 bits per heavy atom. The predicted octanol–water partition coefficient (Wildman–Crippen LogP) is 1.07. The van der Waals surface area contributed by atoms with Crippen molar-refractivity contribution in [3.63, 3.8) is 0 Å². The third kappa shape index (κ3) is 5.80. The summed E-state index contributed by atoms with van der Waals surface area (Å²) in [7, 11) is 0. The fourth-order valence-corrected chi connectivity index (χ4v) is 0.822. The molecule has 1 unspecified atom stereocenters. The second-order valence-corrected chi connectivity index (χ2v) is 2.72. The van der Waals surface area contributed by atoms with Gasteiger partial charge in [-0.05, 0) is 20.3 Å². The molecule has 0 amide bonds. The molecule has 0 bridgehead atoms. The largest absolute Gasteiger partial charge is 0.316 e. The van der Waals surface area contributed by atoms with E-state index in [-0.39, 0.29) is 6.17 Å². The molecule has 0 aliphatic rings. The molecule has 1 atom stereocenters. The second kappa shape index (κ2) is 4.77. The highest BCUT2D eigenvalue weighted by atomic mass is 15.0. The summed E-state index contributed by atoms with van der Waals surface area (Å²) >= 11 is 0. The van der Waals surface area contributed by atoms with Crippen LogP contribution in [0.1, 0.15) is 33.6 Å². The van der Waals surface area contributed by atoms with Crippen molar-refractivity contribution in [2.45, 2.75) is 45.8 Å². The van der Waals surface area contributed by atoms with E-state index in [1.54, 1.807) is 0 Å². The molecular weight excluding hydrogens is 112 g/mol. The Morgan fingerprint density at radius 1 is 1.44 bits per heavy atom. The second-order valence-electron chi connectivity index (χ2n) is 2.72. The number of nitrogens with one attached hydrogen (secondary N) is 1. The lowest BCUT2D eigenvalue weighted by Crippen LogP contribution is -2.41. The fraction of sp³-hybridized carbons (Fsp3) is 1.00. The first-order valence-corrected chi connectivity index (χ1v) is 3.68. The van der Waals surface area contributed by atoms with Crippen LogP contribution in [0.2, 0.25) is 0 Å². The van der Waals surface area contributed by atoms with E-state index in [0.717, 1.165) is 12.8 Å². The maximum atomic E-state index is 5.67. The van der Waals surface area contributed by atoms with Crippen LogP contribution in [0, 0.1) is 0 Å². The molecule has 0 radical (unpaired) electrons. The van der Waals surface area contributed by atoms with Crippen molar-refractivity contribution in [2.75, 3.05) is 0 Å². The van der Waals surface area contributed by atoms with Crippen LogP contribution in [0.25, 0.3) is 0 Å². The third-order valence-corrected chi connectivity index (χ3v) is 1.15. The summed E-state index contributed by atoms with van der Waals surface area (Å²) < 4.78 is 0. The van der Waals surface area contributed by atoms with Crippen LogP contribution in [0.4, 0.5) is 0 Å². The van der Waals surface area contributed by atoms with Crippen molar-refractivity contribution in [3.05, 3.63) is 0 Å². The summed E-state index contributed by atoms with van der Waals surface area (Å²) in [6.45, 7) is 6.35. The van der Waals surface area contributed by atoms with Crippen molar-refractivity contribution >= 4 is 0 Å². The van der Waals surface area contributed by atoms with Gasteiger partial charge in [0, 0.05) is 6.04 Å². The third-order valence-electron chi connectivity index (χ3n) is 1.15. The van der Waals surface area contributed by atoms with Gasteiger partial charge in [-0.2, -0.15) is 0 Å². The Morgan fingerprint density at radius 3 is 2.33 bits per heavy atom. The lowest BCUT2D eigenvalue weighted by atomic mass is 10.2. The van der Waals surface area contributed by atoms with E-state index in [1.165, 1.54) is 0 Å². The highest BCUT2D eigenvalue weighted by Crippen LogP contribution is 1.90. The Hall–Kier alpha value is -0.0800. The summed E-state index contributed by atoms with van der Waals surface area (Å²) in [5.41, 5.74) is 5.67. The minimum atomic E-state index is 0.190. The topological polar surface area (TPSA) is 38.0 Å². The Labute approximate surface area is 57.8 Å². The van der Waals surface area contributed by atoms with Crippen LogP contribution in [-0.2, 0) is 0 Å². The number of hydrogen-bond acceptors (Lipinski definition) is 2. The first kappa shape index (κ1) is 8.92. The van der Waals surface area contributed by atoms with E-state index in [9.17, 15) is 0 Å². The Balaban J connectivity index is 3.15. The molecule has 0 aromatic heterocycles. The molecule has 0 spiro atoms. The molecule has 56 valence electrons. The van der Waals surface area contributed by atoms with Crippen LogP contribution in [0.5, 0.6) is 0 Å². The zero-order chi connectivity index (χ0) is 7.28. The SMILES string of the molecule is CCCC(N)NC(C)C. The Bertz CT molecular complexity index is 61.9. The van der Waals surface area contributed by atoms with E-state index in [1.807, 2.05) is 0 Å². The summed E-state index contributed by atoms with van der Waals surface area (Å²) in [6.07, 6.45) is 2.41. The van der Waals surface area contributed by atoms with Crippen molar-refractivity contribution in [3.8, 4) is 0 Å². The van der Waals surface area contributed by atoms with Crippen molar-refractivity contribution in [1.82, 2.24) is 5.32 Å². The molecule has 2 nitrogen and oxygen atoms in total. The van der Waals surface area contributed by atoms with Gasteiger partial charge in [0.1, 0.15) is 0 Å². The monoisotopic (exact) mass is 130 g/mol. The molecule has 2 heteroatoms. The van der Waals surface area contributed by atoms with Gasteiger partial charge in [0.15, 0.2) is 0 Å². The van der Waals surface area contributed by atoms with E-state index in [4.69, 9.17) is 5.73 Å². The van der Waals surface area contributed by atoms with Gasteiger partial charge in [-0.1, -0.05) is 13.3 Å². The summed E-state index contributed by atoms with van der Waals surface area (Å²) in [5, 5.41) is 3.22. The number of nitrogens with two attached hydrogens (primary N) is 1. The maximum absolute atomic E-state index is 5.67. The van der Waals surface area contributed by atoms with E-state index in [0.29, 0.717) is 6.04 Å². The van der Waals surface area contributed by atoms with E-state index < -0.39 is 0 Å². The van der Waals surface area contributed by atoms with Crippen molar-refractivity contribution < 1.29 is 0 Å². The Kier molecular flexibility index (Phi) is 4.72. The first-order chi connectivity index (χ1) is 4.16. The average Bonchev–Trinajstić information content (AvgIpc) is 1.63. The summed E-state index contributed by atoms with van der Waals surface area (Å²) in [4.78, 5) is 0. The predicted molar refractivity (Wildman–Crippen MR) is 41.2 cm³/mol. The van der Waals surface area contributed by atoms with Gasteiger partial charge in [0.25, 0.3) is 0 Å². The zero-order valence-corrected chi connectivity index (χ0v) is 6.65. The number of hydrogen-bond donors (Lipinski definition) is 2. The molecule has 0 rings (SSSR count). The molecule has 0 heterocycles. The molecule has 3 N–H and O–H groups in total. The maximum Gasteiger partial charge on any atom is 0.0548 e. The van der Waals surface area contributed by atoms with E-state index >= 15 is 0 Å². The number of rotatable bonds is 4. The lowest BCUT2D eigenvalue weighted by Gasteiger charge is -2.15. The van der Waals surface area contributed by atoms with Gasteiger partial charge >= 0.3 is 0 Å². The lowest BCUT2D eigenvalue weighted by molar-refractivity contribution is 0.446. The molecule has 0 saturated heterocycles. The standard InChI is InChI=1S/C7H18N2/c1-4-5-7(8)9-6(2)3/h6-7,9H,4-5,8H2,1-3H3. The molecule has 0 aromatic carbocycles. The smallest absolute Gasteiger partial charge is 0.0548 e. The summed E-state index contributed by atoms with van der Waals surface area (Å²) in [6, 6.07) is 0.506. The van der Waals surface area contributed by atoms with Crippen LogP contribution in [-0.4, -0.2) is 12.2 Å². The molecule has 9 heavy (non-hydrogen) atoms. The van der Waals surface area contributed by atoms with Crippen LogP contribution < -0.4 is 11.1 Å². The van der Waals surface area contributed by atoms with Crippen LogP contribution >= 0.6 is 0 Å². The van der Waals surface area contributed by atoms with Crippen LogP contribution in [0.3, 0.4) is 0 Å². The van der Waals surface area contributed by atoms with Gasteiger partial charge in [0.05, 0.1) is 6.17 Å². The highest BCUT2D eigenvalue weighted by Gasteiger charge is 1.99. The minimum Gasteiger partial charge on any atom is -0.316 e. The fourth-order valence-electron chi connectivity index (χ4n) is 0.822. The van der Waals surface area contributed by atoms with E-state index in [2.05, 4.69) is 26.1 Å². The summed E-state index contributed by atoms with van der Waals surface area (Å²) in [5.74, 6) is 0. The van der Waals surface area contributed by atoms with Crippen molar-refractivity contribution in [1.29, 1.82) is 0 Å². The molecule has 0 aliphatic carbocycles. The molecule has 0 aliphatic heterocycles. The average molecular weight is 130 g/mol. The molecule has 0 aromatic rings. The van der Waals surface area contributed by atoms with Gasteiger partial charge in [0.2, 0.25) is 0 Å². The van der Waals surface area contributed by atoms with Gasteiger partial charge < -0.3 is 5.73 Å². The molecular formula is C7H18N2. The van der Waals surface area contributed by atoms with Crippen molar-refractivity contribution in [2.24, 2.45) is 5.73 Å². The first-order valence-electron chi connectivity index (χ1n) is 3.68. The van der Waals surface area contributed by atoms with Gasteiger partial charge in [-0.25, -0.2) is 0 Å². The molecule has 0 fully saturated rings. The zero-order valence-electron chi connectivity index (χ0n) is 6.65. The van der Waals surface area contributed by atoms with Gasteiger partial charge in [-0.3, -0.25) is 5.32 Å². The minimum absolute atomic E-state index is 0.190.